The molecule has 0 aromatic heterocycles. The van der Waals surface area contributed by atoms with Gasteiger partial charge in [-0.05, 0) is 43.9 Å². The fraction of sp³-hybridized carbons (Fsp3) is 0.571. The average molecular weight is 385 g/mol. The van der Waals surface area contributed by atoms with Gasteiger partial charge in [-0.3, -0.25) is 9.69 Å². The van der Waals surface area contributed by atoms with Crippen molar-refractivity contribution in [2.75, 3.05) is 32.7 Å². The summed E-state index contributed by atoms with van der Waals surface area (Å²) in [6.07, 6.45) is 2.94. The van der Waals surface area contributed by atoms with Gasteiger partial charge in [0.2, 0.25) is 5.91 Å². The lowest BCUT2D eigenvalue weighted by molar-refractivity contribution is -0.122. The second-order valence-electron chi connectivity index (χ2n) is 7.05. The van der Waals surface area contributed by atoms with Crippen LogP contribution in [0.3, 0.4) is 0 Å². The molecule has 1 fully saturated rings. The quantitative estimate of drug-likeness (QED) is 0.468. The van der Waals surface area contributed by atoms with Crippen molar-refractivity contribution in [2.24, 2.45) is 4.99 Å². The third-order valence-electron chi connectivity index (χ3n) is 4.71. The summed E-state index contributed by atoms with van der Waals surface area (Å²) < 4.78 is 0. The Morgan fingerprint density at radius 2 is 1.93 bits per heavy atom. The summed E-state index contributed by atoms with van der Waals surface area (Å²) in [7, 11) is 0. The van der Waals surface area contributed by atoms with Crippen LogP contribution in [-0.2, 0) is 11.3 Å². The maximum absolute atomic E-state index is 11.9. The number of benzene rings is 1. The van der Waals surface area contributed by atoms with Gasteiger partial charge in [0.1, 0.15) is 0 Å². The van der Waals surface area contributed by atoms with Crippen LogP contribution in [0.1, 0.15) is 44.2 Å². The number of hydrogen-bond acceptors (Lipinski definition) is 4. The minimum atomic E-state index is 0.116. The Labute approximate surface area is 168 Å². The van der Waals surface area contributed by atoms with E-state index in [9.17, 15) is 4.79 Å². The monoisotopic (exact) mass is 384 g/mol. The molecule has 0 unspecified atom stereocenters. The van der Waals surface area contributed by atoms with Crippen LogP contribution in [0.5, 0.6) is 0 Å². The lowest BCUT2D eigenvalue weighted by Gasteiger charge is -2.32. The highest BCUT2D eigenvalue weighted by Gasteiger charge is 2.21. The zero-order valence-electron chi connectivity index (χ0n) is 17.0. The highest BCUT2D eigenvalue weighted by Crippen LogP contribution is 2.10. The first-order valence-electron chi connectivity index (χ1n) is 10.2. The number of likely N-dealkylation sites (tertiary alicyclic amines) is 1. The Morgan fingerprint density at radius 3 is 2.54 bits per heavy atom. The van der Waals surface area contributed by atoms with Gasteiger partial charge >= 0.3 is 0 Å². The normalized spacial score (nSPS) is 15.7. The summed E-state index contributed by atoms with van der Waals surface area (Å²) in [6.45, 7) is 8.53. The van der Waals surface area contributed by atoms with Gasteiger partial charge in [0.15, 0.2) is 5.96 Å². The lowest BCUT2D eigenvalue weighted by atomic mass is 10.1. The minimum Gasteiger partial charge on any atom is -0.357 e. The molecular formula is C21H32N6O. The van der Waals surface area contributed by atoms with Crippen molar-refractivity contribution in [3.63, 3.8) is 0 Å². The van der Waals surface area contributed by atoms with Crippen LogP contribution in [0.4, 0.5) is 0 Å². The van der Waals surface area contributed by atoms with Gasteiger partial charge in [0.05, 0.1) is 24.7 Å². The Balaban J connectivity index is 1.80. The Bertz CT molecular complexity index is 671. The highest BCUT2D eigenvalue weighted by molar-refractivity contribution is 5.80. The summed E-state index contributed by atoms with van der Waals surface area (Å²) in [6, 6.07) is 9.99. The highest BCUT2D eigenvalue weighted by atomic mass is 16.2. The molecule has 1 aliphatic rings. The predicted octanol–water partition coefficient (Wildman–Crippen LogP) is 1.60. The van der Waals surface area contributed by atoms with E-state index in [1.165, 1.54) is 0 Å². The minimum absolute atomic E-state index is 0.116. The molecule has 1 amide bonds. The Hall–Kier alpha value is -2.59. The molecule has 2 rings (SSSR count). The van der Waals surface area contributed by atoms with Crippen molar-refractivity contribution >= 4 is 11.9 Å². The summed E-state index contributed by atoms with van der Waals surface area (Å²) in [5.74, 6) is 0.927. The van der Waals surface area contributed by atoms with E-state index >= 15 is 0 Å². The van der Waals surface area contributed by atoms with Crippen LogP contribution < -0.4 is 16.0 Å². The zero-order chi connectivity index (χ0) is 20.2. The molecule has 152 valence electrons. The second kappa shape index (κ2) is 12.0. The molecule has 1 heterocycles. The van der Waals surface area contributed by atoms with E-state index in [-0.39, 0.29) is 5.91 Å². The van der Waals surface area contributed by atoms with Crippen molar-refractivity contribution in [1.82, 2.24) is 20.9 Å². The molecule has 1 aliphatic heterocycles. The Kier molecular flexibility index (Phi) is 9.29. The van der Waals surface area contributed by atoms with Crippen molar-refractivity contribution < 1.29 is 4.79 Å². The topological polar surface area (TPSA) is 92.6 Å². The number of aliphatic imine (C=N–C) groups is 1. The van der Waals surface area contributed by atoms with E-state index in [2.05, 4.69) is 45.8 Å². The van der Waals surface area contributed by atoms with E-state index < -0.39 is 0 Å². The summed E-state index contributed by atoms with van der Waals surface area (Å²) in [5.41, 5.74) is 1.73. The number of nitrogens with zero attached hydrogens (tertiary/aromatic N) is 3. The molecule has 7 heteroatoms. The first-order valence-corrected chi connectivity index (χ1v) is 10.2. The van der Waals surface area contributed by atoms with E-state index in [1.54, 1.807) is 0 Å². The fourth-order valence-electron chi connectivity index (χ4n) is 3.13. The number of piperidine rings is 1. The van der Waals surface area contributed by atoms with Crippen molar-refractivity contribution in [3.05, 3.63) is 35.4 Å². The first kappa shape index (κ1) is 21.7. The van der Waals surface area contributed by atoms with Gasteiger partial charge in [-0.15, -0.1) is 0 Å². The van der Waals surface area contributed by atoms with Crippen molar-refractivity contribution in [2.45, 2.75) is 45.7 Å². The van der Waals surface area contributed by atoms with Gasteiger partial charge < -0.3 is 16.0 Å². The number of carbonyl (C=O) groups is 1. The molecule has 28 heavy (non-hydrogen) atoms. The molecule has 1 aromatic carbocycles. The number of nitriles is 1. The fourth-order valence-corrected chi connectivity index (χ4v) is 3.13. The lowest BCUT2D eigenvalue weighted by Crippen LogP contribution is -2.50. The number of amides is 1. The molecule has 3 N–H and O–H groups in total. The number of carbonyl (C=O) groups excluding carboxylic acids is 1. The SMILES string of the molecule is CCCNC(=O)CN1CCC(NC(=NCc2ccc(C#N)cc2)NCC)CC1. The van der Waals surface area contributed by atoms with Gasteiger partial charge in [0.25, 0.3) is 0 Å². The standard InChI is InChI=1S/C21H32N6O/c1-3-11-24-20(28)16-27-12-9-19(10-13-27)26-21(23-4-2)25-15-18-7-5-17(14-22)6-8-18/h5-8,19H,3-4,9-13,15-16H2,1-2H3,(H,24,28)(H2,23,25,26). The molecule has 0 saturated carbocycles. The van der Waals surface area contributed by atoms with Crippen LogP contribution in [0.25, 0.3) is 0 Å². The second-order valence-corrected chi connectivity index (χ2v) is 7.05. The number of guanidine groups is 1. The number of rotatable bonds is 8. The number of hydrogen-bond donors (Lipinski definition) is 3. The van der Waals surface area contributed by atoms with E-state index in [0.717, 1.165) is 57.0 Å². The molecule has 0 spiro atoms. The summed E-state index contributed by atoms with van der Waals surface area (Å²) in [5, 5.41) is 18.6. The zero-order valence-corrected chi connectivity index (χ0v) is 17.0. The predicted molar refractivity (Wildman–Crippen MR) is 112 cm³/mol. The molecule has 0 atom stereocenters. The maximum Gasteiger partial charge on any atom is 0.234 e. The third kappa shape index (κ3) is 7.57. The van der Waals surface area contributed by atoms with Gasteiger partial charge in [-0.1, -0.05) is 19.1 Å². The summed E-state index contributed by atoms with van der Waals surface area (Å²) in [4.78, 5) is 18.7. The van der Waals surface area contributed by atoms with E-state index in [1.807, 2.05) is 24.3 Å². The van der Waals surface area contributed by atoms with Gasteiger partial charge in [-0.2, -0.15) is 5.26 Å². The smallest absolute Gasteiger partial charge is 0.234 e. The molecule has 1 aromatic rings. The third-order valence-corrected chi connectivity index (χ3v) is 4.71. The maximum atomic E-state index is 11.9. The average Bonchev–Trinajstić information content (AvgIpc) is 2.72. The van der Waals surface area contributed by atoms with Crippen LogP contribution in [-0.4, -0.2) is 55.5 Å². The number of nitrogens with one attached hydrogen (secondary N) is 3. The van der Waals surface area contributed by atoms with Crippen molar-refractivity contribution in [3.8, 4) is 6.07 Å². The van der Waals surface area contributed by atoms with Gasteiger partial charge in [-0.25, -0.2) is 4.99 Å². The van der Waals surface area contributed by atoms with Gasteiger partial charge in [0, 0.05) is 32.2 Å². The summed E-state index contributed by atoms with van der Waals surface area (Å²) >= 11 is 0. The molecule has 7 nitrogen and oxygen atoms in total. The van der Waals surface area contributed by atoms with E-state index in [4.69, 9.17) is 5.26 Å². The molecular weight excluding hydrogens is 352 g/mol. The molecule has 0 aliphatic carbocycles. The van der Waals surface area contributed by atoms with Crippen LogP contribution in [0.2, 0.25) is 0 Å². The first-order chi connectivity index (χ1) is 13.6. The van der Waals surface area contributed by atoms with Crippen LogP contribution >= 0.6 is 0 Å². The molecule has 0 bridgehead atoms. The van der Waals surface area contributed by atoms with E-state index in [0.29, 0.717) is 24.7 Å². The van der Waals surface area contributed by atoms with Crippen LogP contribution in [0, 0.1) is 11.3 Å². The molecule has 0 radical (unpaired) electrons. The van der Waals surface area contributed by atoms with Crippen LogP contribution in [0.15, 0.2) is 29.3 Å². The largest absolute Gasteiger partial charge is 0.357 e. The molecule has 1 saturated heterocycles. The van der Waals surface area contributed by atoms with Crippen molar-refractivity contribution in [1.29, 1.82) is 5.26 Å². The Morgan fingerprint density at radius 1 is 1.21 bits per heavy atom.